The molecule has 152 valence electrons. The molecule has 0 N–H and O–H groups in total. The summed E-state index contributed by atoms with van der Waals surface area (Å²) in [7, 11) is 3.77. The molecule has 0 spiro atoms. The third kappa shape index (κ3) is 4.08. The summed E-state index contributed by atoms with van der Waals surface area (Å²) >= 11 is 1.47. The lowest BCUT2D eigenvalue weighted by atomic mass is 10.1. The number of rotatable bonds is 6. The Morgan fingerprint density at radius 1 is 1.24 bits per heavy atom. The van der Waals surface area contributed by atoms with Gasteiger partial charge in [-0.15, -0.1) is 11.3 Å². The van der Waals surface area contributed by atoms with Crippen LogP contribution in [0.4, 0.5) is 0 Å². The Balaban J connectivity index is 1.38. The quantitative estimate of drug-likeness (QED) is 0.605. The molecule has 6 heteroatoms. The number of ether oxygens (including phenoxy) is 1. The number of carbonyl (C=O) groups excluding carboxylic acids is 1. The van der Waals surface area contributed by atoms with Crippen LogP contribution >= 0.6 is 11.3 Å². The maximum atomic E-state index is 12.9. The second-order valence-electron chi connectivity index (χ2n) is 7.83. The van der Waals surface area contributed by atoms with Crippen LogP contribution in [0.3, 0.4) is 0 Å². The van der Waals surface area contributed by atoms with Gasteiger partial charge in [-0.2, -0.15) is 5.10 Å². The van der Waals surface area contributed by atoms with Crippen molar-refractivity contribution in [2.24, 2.45) is 7.05 Å². The number of aryl methyl sites for hydroxylation is 4. The third-order valence-electron chi connectivity index (χ3n) is 5.74. The Hall–Kier alpha value is -2.60. The lowest BCUT2D eigenvalue weighted by Crippen LogP contribution is -2.26. The summed E-state index contributed by atoms with van der Waals surface area (Å²) in [4.78, 5) is 15.4. The first kappa shape index (κ1) is 19.7. The van der Waals surface area contributed by atoms with Gasteiger partial charge in [0.1, 0.15) is 12.4 Å². The average Bonchev–Trinajstić information content (AvgIpc) is 3.42. The monoisotopic (exact) mass is 409 g/mol. The minimum Gasteiger partial charge on any atom is -0.489 e. The number of hydrogen-bond donors (Lipinski definition) is 0. The summed E-state index contributed by atoms with van der Waals surface area (Å²) in [5.74, 6) is 0.936. The Labute approximate surface area is 175 Å². The summed E-state index contributed by atoms with van der Waals surface area (Å²) in [6.07, 6.45) is 3.56. The number of carbonyl (C=O) groups is 1. The van der Waals surface area contributed by atoms with Gasteiger partial charge in [0.25, 0.3) is 5.91 Å². The first-order chi connectivity index (χ1) is 13.9. The van der Waals surface area contributed by atoms with Gasteiger partial charge in [-0.3, -0.25) is 9.48 Å². The minimum atomic E-state index is 0.0291. The smallest absolute Gasteiger partial charge is 0.263 e. The summed E-state index contributed by atoms with van der Waals surface area (Å²) in [6, 6.07) is 8.33. The molecule has 0 fully saturated rings. The van der Waals surface area contributed by atoms with Crippen molar-refractivity contribution in [3.05, 3.63) is 68.2 Å². The molecule has 3 aromatic rings. The molecule has 1 aliphatic carbocycles. The van der Waals surface area contributed by atoms with Gasteiger partial charge in [-0.25, -0.2) is 0 Å². The van der Waals surface area contributed by atoms with Gasteiger partial charge in [-0.05, 0) is 67.8 Å². The van der Waals surface area contributed by atoms with E-state index in [1.165, 1.54) is 35.3 Å². The number of hydrogen-bond acceptors (Lipinski definition) is 4. The maximum absolute atomic E-state index is 12.9. The van der Waals surface area contributed by atoms with Crippen molar-refractivity contribution >= 4 is 17.2 Å². The molecular weight excluding hydrogens is 382 g/mol. The fraction of sp³-hybridized carbons (Fsp3) is 0.391. The fourth-order valence-electron chi connectivity index (χ4n) is 3.91. The lowest BCUT2D eigenvalue weighted by molar-refractivity contribution is 0.0789. The lowest BCUT2D eigenvalue weighted by Gasteiger charge is -2.16. The molecule has 2 aromatic heterocycles. The SMILES string of the molecule is Cc1nn(C)c(C)c1CN(C)C(=O)c1cc(COc2ccc3c(c2)CCC3)cs1. The molecule has 2 heterocycles. The summed E-state index contributed by atoms with van der Waals surface area (Å²) in [5, 5.41) is 6.45. The van der Waals surface area contributed by atoms with Crippen molar-refractivity contribution in [1.82, 2.24) is 14.7 Å². The van der Waals surface area contributed by atoms with Crippen LogP contribution in [0.15, 0.2) is 29.6 Å². The van der Waals surface area contributed by atoms with E-state index in [9.17, 15) is 4.79 Å². The highest BCUT2D eigenvalue weighted by Crippen LogP contribution is 2.27. The molecule has 1 aliphatic rings. The van der Waals surface area contributed by atoms with Crippen molar-refractivity contribution < 1.29 is 9.53 Å². The van der Waals surface area contributed by atoms with Crippen molar-refractivity contribution in [1.29, 1.82) is 0 Å². The predicted octanol–water partition coefficient (Wildman–Crippen LogP) is 4.44. The molecule has 0 radical (unpaired) electrons. The van der Waals surface area contributed by atoms with E-state index in [0.29, 0.717) is 13.2 Å². The van der Waals surface area contributed by atoms with E-state index in [-0.39, 0.29) is 5.91 Å². The molecule has 4 rings (SSSR count). The highest BCUT2D eigenvalue weighted by atomic mass is 32.1. The number of amides is 1. The van der Waals surface area contributed by atoms with Gasteiger partial charge in [0.2, 0.25) is 0 Å². The van der Waals surface area contributed by atoms with Crippen LogP contribution in [0.25, 0.3) is 0 Å². The molecule has 5 nitrogen and oxygen atoms in total. The number of aromatic nitrogens is 2. The average molecular weight is 410 g/mol. The molecule has 1 amide bonds. The van der Waals surface area contributed by atoms with Crippen LogP contribution in [0.2, 0.25) is 0 Å². The zero-order chi connectivity index (χ0) is 20.5. The third-order valence-corrected chi connectivity index (χ3v) is 6.71. The Morgan fingerprint density at radius 2 is 2.03 bits per heavy atom. The molecular formula is C23H27N3O2S. The molecule has 0 unspecified atom stereocenters. The molecule has 0 bridgehead atoms. The Kier molecular flexibility index (Phi) is 5.46. The minimum absolute atomic E-state index is 0.0291. The Morgan fingerprint density at radius 3 is 2.79 bits per heavy atom. The first-order valence-electron chi connectivity index (χ1n) is 9.99. The summed E-state index contributed by atoms with van der Waals surface area (Å²) < 4.78 is 7.84. The molecule has 29 heavy (non-hydrogen) atoms. The Bertz CT molecular complexity index is 1050. The van der Waals surface area contributed by atoms with Crippen LogP contribution in [0.5, 0.6) is 5.75 Å². The topological polar surface area (TPSA) is 47.4 Å². The second-order valence-corrected chi connectivity index (χ2v) is 8.74. The van der Waals surface area contributed by atoms with Gasteiger partial charge in [-0.1, -0.05) is 6.07 Å². The van der Waals surface area contributed by atoms with Gasteiger partial charge in [0, 0.05) is 37.5 Å². The normalized spacial score (nSPS) is 12.8. The fourth-order valence-corrected chi connectivity index (χ4v) is 4.80. The van der Waals surface area contributed by atoms with Crippen LogP contribution in [0.1, 0.15) is 49.7 Å². The van der Waals surface area contributed by atoms with E-state index in [2.05, 4.69) is 23.3 Å². The van der Waals surface area contributed by atoms with Crippen LogP contribution in [-0.4, -0.2) is 27.6 Å². The zero-order valence-corrected chi connectivity index (χ0v) is 18.3. The van der Waals surface area contributed by atoms with E-state index in [0.717, 1.165) is 39.6 Å². The summed E-state index contributed by atoms with van der Waals surface area (Å²) in [5.41, 5.74) is 7.06. The van der Waals surface area contributed by atoms with Gasteiger partial charge in [0.05, 0.1) is 10.6 Å². The van der Waals surface area contributed by atoms with Crippen LogP contribution in [0, 0.1) is 13.8 Å². The van der Waals surface area contributed by atoms with E-state index < -0.39 is 0 Å². The van der Waals surface area contributed by atoms with Crippen molar-refractivity contribution in [3.8, 4) is 5.75 Å². The second kappa shape index (κ2) is 8.03. The molecule has 0 atom stereocenters. The van der Waals surface area contributed by atoms with Crippen molar-refractivity contribution in [3.63, 3.8) is 0 Å². The van der Waals surface area contributed by atoms with Crippen molar-refractivity contribution in [2.45, 2.75) is 46.3 Å². The number of fused-ring (bicyclic) bond motifs is 1. The van der Waals surface area contributed by atoms with Crippen molar-refractivity contribution in [2.75, 3.05) is 7.05 Å². The van der Waals surface area contributed by atoms with E-state index >= 15 is 0 Å². The standard InChI is InChI=1S/C23H27N3O2S/c1-15-21(16(2)26(4)24-15)12-25(3)23(27)22-10-17(14-29-22)13-28-20-9-8-18-6-5-7-19(18)11-20/h8-11,14H,5-7,12-13H2,1-4H3. The number of benzene rings is 1. The van der Waals surface area contributed by atoms with Crippen LogP contribution in [-0.2, 0) is 33.0 Å². The molecule has 1 aromatic carbocycles. The van der Waals surface area contributed by atoms with Gasteiger partial charge in [0.15, 0.2) is 0 Å². The maximum Gasteiger partial charge on any atom is 0.263 e. The van der Waals surface area contributed by atoms with Crippen LogP contribution < -0.4 is 4.74 Å². The highest BCUT2D eigenvalue weighted by Gasteiger charge is 2.18. The predicted molar refractivity (Wildman–Crippen MR) is 116 cm³/mol. The number of thiophene rings is 1. The van der Waals surface area contributed by atoms with E-state index in [1.807, 2.05) is 44.1 Å². The number of nitrogens with zero attached hydrogens (tertiary/aromatic N) is 3. The largest absolute Gasteiger partial charge is 0.489 e. The molecule has 0 saturated carbocycles. The molecule has 0 aliphatic heterocycles. The first-order valence-corrected chi connectivity index (χ1v) is 10.9. The van der Waals surface area contributed by atoms with E-state index in [1.54, 1.807) is 4.90 Å². The zero-order valence-electron chi connectivity index (χ0n) is 17.5. The van der Waals surface area contributed by atoms with Gasteiger partial charge >= 0.3 is 0 Å². The van der Waals surface area contributed by atoms with Gasteiger partial charge < -0.3 is 9.64 Å². The highest BCUT2D eigenvalue weighted by molar-refractivity contribution is 7.12. The van der Waals surface area contributed by atoms with E-state index in [4.69, 9.17) is 4.74 Å². The molecule has 0 saturated heterocycles. The summed E-state index contributed by atoms with van der Waals surface area (Å²) in [6.45, 7) is 5.06.